The van der Waals surface area contributed by atoms with E-state index in [1.807, 2.05) is 13.0 Å². The minimum absolute atomic E-state index is 0.0247. The molecule has 0 fully saturated rings. The van der Waals surface area contributed by atoms with Crippen LogP contribution < -0.4 is 5.32 Å². The van der Waals surface area contributed by atoms with Crippen LogP contribution in [0.1, 0.15) is 48.9 Å². The largest absolute Gasteiger partial charge is 0.508 e. The van der Waals surface area contributed by atoms with Gasteiger partial charge in [0.2, 0.25) is 0 Å². The molecule has 1 aromatic rings. The Bertz CT molecular complexity index is 610. The second kappa shape index (κ2) is 5.37. The second-order valence-corrected chi connectivity index (χ2v) is 8.26. The molecule has 0 saturated carbocycles. The van der Waals surface area contributed by atoms with Crippen LogP contribution in [0, 0.1) is 6.92 Å². The third-order valence-corrected chi connectivity index (χ3v) is 5.06. The molecule has 2 N–H and O–H groups in total. The molecule has 2 rings (SSSR count). The number of benzene rings is 1. The molecular weight excluding hydrogens is 274 g/mol. The fourth-order valence-corrected chi connectivity index (χ4v) is 4.35. The van der Waals surface area contributed by atoms with Gasteiger partial charge in [0.15, 0.2) is 0 Å². The first-order valence-electron chi connectivity index (χ1n) is 6.95. The van der Waals surface area contributed by atoms with E-state index in [9.17, 15) is 13.5 Å². The molecule has 0 radical (unpaired) electrons. The lowest BCUT2D eigenvalue weighted by Gasteiger charge is -2.20. The predicted octanol–water partition coefficient (Wildman–Crippen LogP) is 2.27. The van der Waals surface area contributed by atoms with E-state index in [4.69, 9.17) is 0 Å². The van der Waals surface area contributed by atoms with Crippen LogP contribution in [-0.2, 0) is 9.84 Å². The number of phenols is 1. The molecule has 0 aromatic heterocycles. The van der Waals surface area contributed by atoms with Gasteiger partial charge in [-0.15, -0.1) is 0 Å². The number of hydrogen-bond donors (Lipinski definition) is 2. The number of sulfone groups is 1. The van der Waals surface area contributed by atoms with Crippen molar-refractivity contribution in [3.8, 4) is 5.75 Å². The van der Waals surface area contributed by atoms with Crippen molar-refractivity contribution in [2.75, 3.05) is 12.0 Å². The van der Waals surface area contributed by atoms with E-state index >= 15 is 0 Å². The average Bonchev–Trinajstić information content (AvgIpc) is 2.59. The average molecular weight is 297 g/mol. The molecule has 0 saturated heterocycles. The zero-order chi connectivity index (χ0) is 15.1. The van der Waals surface area contributed by atoms with Crippen molar-refractivity contribution in [1.82, 2.24) is 5.32 Å². The Morgan fingerprint density at radius 1 is 1.40 bits per heavy atom. The van der Waals surface area contributed by atoms with Crippen LogP contribution in [0.5, 0.6) is 5.75 Å². The standard InChI is InChI=1S/C15H23NO3S/c1-9-5-6-13(17)15-12(7-10(2)14(9)15)16-11(3)8-20(4,18)19/h5-6,10-12,16-17H,7-8H2,1-4H3. The first-order chi connectivity index (χ1) is 9.19. The highest BCUT2D eigenvalue weighted by atomic mass is 32.2. The van der Waals surface area contributed by atoms with E-state index in [0.29, 0.717) is 11.7 Å². The van der Waals surface area contributed by atoms with Crippen LogP contribution in [0.2, 0.25) is 0 Å². The van der Waals surface area contributed by atoms with E-state index in [0.717, 1.165) is 12.0 Å². The maximum Gasteiger partial charge on any atom is 0.148 e. The van der Waals surface area contributed by atoms with Gasteiger partial charge in [0, 0.05) is 23.9 Å². The monoisotopic (exact) mass is 297 g/mol. The molecule has 1 aliphatic carbocycles. The van der Waals surface area contributed by atoms with Crippen molar-refractivity contribution in [1.29, 1.82) is 0 Å². The Morgan fingerprint density at radius 2 is 2.05 bits per heavy atom. The van der Waals surface area contributed by atoms with E-state index in [2.05, 4.69) is 19.2 Å². The normalized spacial score (nSPS) is 23.6. The number of nitrogens with one attached hydrogen (secondary N) is 1. The van der Waals surface area contributed by atoms with E-state index < -0.39 is 9.84 Å². The minimum atomic E-state index is -3.00. The Kier molecular flexibility index (Phi) is 4.12. The van der Waals surface area contributed by atoms with Gasteiger partial charge >= 0.3 is 0 Å². The Balaban J connectivity index is 2.24. The molecule has 3 atom stereocenters. The fraction of sp³-hybridized carbons (Fsp3) is 0.600. The number of phenolic OH excluding ortho intramolecular Hbond substituents is 1. The van der Waals surface area contributed by atoms with Crippen LogP contribution in [-0.4, -0.2) is 31.6 Å². The summed E-state index contributed by atoms with van der Waals surface area (Å²) in [5, 5.41) is 13.5. The molecule has 0 spiro atoms. The number of fused-ring (bicyclic) bond motifs is 1. The summed E-state index contributed by atoms with van der Waals surface area (Å²) < 4.78 is 22.7. The molecule has 1 aromatic carbocycles. The first kappa shape index (κ1) is 15.3. The summed E-state index contributed by atoms with van der Waals surface area (Å²) in [6, 6.07) is 3.56. The summed E-state index contributed by atoms with van der Waals surface area (Å²) in [6.45, 7) is 6.07. The molecule has 0 bridgehead atoms. The van der Waals surface area contributed by atoms with Crippen LogP contribution in [0.4, 0.5) is 0 Å². The molecule has 3 unspecified atom stereocenters. The van der Waals surface area contributed by atoms with Crippen LogP contribution in [0.3, 0.4) is 0 Å². The van der Waals surface area contributed by atoms with Gasteiger partial charge < -0.3 is 10.4 Å². The first-order valence-corrected chi connectivity index (χ1v) is 9.01. The molecule has 5 heteroatoms. The maximum atomic E-state index is 11.4. The lowest BCUT2D eigenvalue weighted by molar-refractivity contribution is 0.427. The van der Waals surface area contributed by atoms with Crippen molar-refractivity contribution in [2.45, 2.75) is 45.2 Å². The van der Waals surface area contributed by atoms with Crippen LogP contribution >= 0.6 is 0 Å². The van der Waals surface area contributed by atoms with E-state index in [1.54, 1.807) is 6.07 Å². The van der Waals surface area contributed by atoms with E-state index in [1.165, 1.54) is 17.4 Å². The van der Waals surface area contributed by atoms with E-state index in [-0.39, 0.29) is 17.8 Å². The SMILES string of the molecule is Cc1ccc(O)c2c1C(C)CC2NC(C)CS(C)(=O)=O. The quantitative estimate of drug-likeness (QED) is 0.894. The van der Waals surface area contributed by atoms with Gasteiger partial charge in [-0.2, -0.15) is 0 Å². The highest BCUT2D eigenvalue weighted by Crippen LogP contribution is 2.46. The second-order valence-electron chi connectivity index (χ2n) is 6.08. The molecular formula is C15H23NO3S. The van der Waals surface area contributed by atoms with Gasteiger partial charge in [-0.1, -0.05) is 13.0 Å². The zero-order valence-corrected chi connectivity index (χ0v) is 13.3. The summed E-state index contributed by atoms with van der Waals surface area (Å²) in [4.78, 5) is 0. The van der Waals surface area contributed by atoms with Gasteiger partial charge in [0.1, 0.15) is 15.6 Å². The topological polar surface area (TPSA) is 66.4 Å². The number of aryl methyl sites for hydroxylation is 1. The number of rotatable bonds is 4. The fourth-order valence-electron chi connectivity index (χ4n) is 3.34. The smallest absolute Gasteiger partial charge is 0.148 e. The Hall–Kier alpha value is -1.07. The van der Waals surface area contributed by atoms with Crippen LogP contribution in [0.15, 0.2) is 12.1 Å². The molecule has 0 heterocycles. The van der Waals surface area contributed by atoms with Crippen molar-refractivity contribution >= 4 is 9.84 Å². The van der Waals surface area contributed by atoms with Crippen molar-refractivity contribution in [3.63, 3.8) is 0 Å². The highest BCUT2D eigenvalue weighted by Gasteiger charge is 2.33. The summed E-state index contributed by atoms with van der Waals surface area (Å²) in [5.41, 5.74) is 3.33. The van der Waals surface area contributed by atoms with Gasteiger partial charge in [-0.05, 0) is 43.4 Å². The Morgan fingerprint density at radius 3 is 2.65 bits per heavy atom. The lowest BCUT2D eigenvalue weighted by atomic mass is 9.97. The zero-order valence-electron chi connectivity index (χ0n) is 12.5. The molecule has 4 nitrogen and oxygen atoms in total. The molecule has 1 aliphatic rings. The van der Waals surface area contributed by atoms with Gasteiger partial charge in [0.25, 0.3) is 0 Å². The number of hydrogen-bond acceptors (Lipinski definition) is 4. The van der Waals surface area contributed by atoms with Crippen molar-refractivity contribution in [2.24, 2.45) is 0 Å². The maximum absolute atomic E-state index is 11.4. The summed E-state index contributed by atoms with van der Waals surface area (Å²) in [7, 11) is -3.00. The van der Waals surface area contributed by atoms with Crippen LogP contribution in [0.25, 0.3) is 0 Å². The van der Waals surface area contributed by atoms with Gasteiger partial charge in [-0.25, -0.2) is 8.42 Å². The summed E-state index contributed by atoms with van der Waals surface area (Å²) in [5.74, 6) is 0.791. The lowest BCUT2D eigenvalue weighted by Crippen LogP contribution is -2.35. The Labute approximate surface area is 121 Å². The third kappa shape index (κ3) is 3.15. The molecule has 0 aliphatic heterocycles. The minimum Gasteiger partial charge on any atom is -0.508 e. The molecule has 112 valence electrons. The van der Waals surface area contributed by atoms with Gasteiger partial charge in [-0.3, -0.25) is 0 Å². The highest BCUT2D eigenvalue weighted by molar-refractivity contribution is 7.90. The third-order valence-electron chi connectivity index (χ3n) is 3.95. The predicted molar refractivity (Wildman–Crippen MR) is 80.9 cm³/mol. The molecule has 0 amide bonds. The van der Waals surface area contributed by atoms with Gasteiger partial charge in [0.05, 0.1) is 5.75 Å². The summed E-state index contributed by atoms with van der Waals surface area (Å²) in [6.07, 6.45) is 2.14. The van der Waals surface area contributed by atoms with Crippen molar-refractivity contribution < 1.29 is 13.5 Å². The number of aromatic hydroxyl groups is 1. The summed E-state index contributed by atoms with van der Waals surface area (Å²) >= 11 is 0. The van der Waals surface area contributed by atoms with Crippen molar-refractivity contribution in [3.05, 3.63) is 28.8 Å². The molecule has 20 heavy (non-hydrogen) atoms.